The molecule has 1 rings (SSSR count). The van der Waals surface area contributed by atoms with Crippen LogP contribution in [0.15, 0.2) is 36.3 Å². The van der Waals surface area contributed by atoms with Crippen molar-refractivity contribution in [2.24, 2.45) is 0 Å². The molecule has 0 aromatic heterocycles. The van der Waals surface area contributed by atoms with Crippen molar-refractivity contribution in [1.82, 2.24) is 4.90 Å². The van der Waals surface area contributed by atoms with Gasteiger partial charge in [-0.15, -0.1) is 0 Å². The van der Waals surface area contributed by atoms with Crippen LogP contribution >= 0.6 is 0 Å². The first-order chi connectivity index (χ1) is 10.2. The third kappa shape index (κ3) is 12.3. The van der Waals surface area contributed by atoms with Crippen LogP contribution in [0, 0.1) is 0 Å². The van der Waals surface area contributed by atoms with Gasteiger partial charge in [-0.25, -0.2) is 0 Å². The Morgan fingerprint density at radius 2 is 1.48 bits per heavy atom. The largest absolute Gasteiger partial charge is 0.490 e. The molecule has 0 aromatic rings. The van der Waals surface area contributed by atoms with Gasteiger partial charge >= 0.3 is 0 Å². The second kappa shape index (κ2) is 23.9. The van der Waals surface area contributed by atoms with Crippen molar-refractivity contribution in [3.8, 4) is 0 Å². The molecule has 0 saturated carbocycles. The van der Waals surface area contributed by atoms with Crippen LogP contribution in [-0.2, 0) is 4.74 Å². The Kier molecular flexibility index (Phi) is 31.9. The Labute approximate surface area is 135 Å². The predicted octanol–water partition coefficient (Wildman–Crippen LogP) is 6.42. The van der Waals surface area contributed by atoms with E-state index in [4.69, 9.17) is 4.74 Å². The lowest BCUT2D eigenvalue weighted by molar-refractivity contribution is 0.0968. The molecule has 0 bridgehead atoms. The monoisotopic (exact) mass is 299 g/mol. The van der Waals surface area contributed by atoms with Crippen LogP contribution in [-0.4, -0.2) is 24.6 Å². The van der Waals surface area contributed by atoms with Crippen LogP contribution in [0.2, 0.25) is 0 Å². The van der Waals surface area contributed by atoms with Gasteiger partial charge in [-0.05, 0) is 26.0 Å². The number of nitrogens with zero attached hydrogens (tertiary/aromatic N) is 1. The van der Waals surface area contributed by atoms with Gasteiger partial charge in [0.25, 0.3) is 0 Å². The van der Waals surface area contributed by atoms with Gasteiger partial charge in [-0.2, -0.15) is 0 Å². The summed E-state index contributed by atoms with van der Waals surface area (Å²) in [5.41, 5.74) is 1.11. The second-order valence-electron chi connectivity index (χ2n) is 3.21. The van der Waals surface area contributed by atoms with E-state index in [0.717, 1.165) is 18.1 Å². The number of hydrogen-bond donors (Lipinski definition) is 0. The minimum Gasteiger partial charge on any atom is -0.490 e. The highest BCUT2D eigenvalue weighted by Crippen LogP contribution is 2.23. The lowest BCUT2D eigenvalue weighted by Crippen LogP contribution is -2.37. The highest BCUT2D eigenvalue weighted by Gasteiger charge is 2.22. The molecular weight excluding hydrogens is 258 g/mol. The van der Waals surface area contributed by atoms with E-state index in [1.807, 2.05) is 74.5 Å². The molecule has 0 spiro atoms. The lowest BCUT2D eigenvalue weighted by Gasteiger charge is -2.35. The molecule has 1 fully saturated rings. The summed E-state index contributed by atoms with van der Waals surface area (Å²) in [4.78, 5) is 2.21. The molecule has 0 radical (unpaired) electrons. The van der Waals surface area contributed by atoms with E-state index in [1.54, 1.807) is 6.08 Å². The van der Waals surface area contributed by atoms with Gasteiger partial charge in [-0.1, -0.05) is 68.0 Å². The molecule has 0 aliphatic carbocycles. The molecule has 0 N–H and O–H groups in total. The normalized spacial score (nSPS) is 19.2. The third-order valence-electron chi connectivity index (χ3n) is 2.31. The van der Waals surface area contributed by atoms with Crippen molar-refractivity contribution in [3.05, 3.63) is 36.3 Å². The van der Waals surface area contributed by atoms with Gasteiger partial charge in [0.05, 0.1) is 11.7 Å². The average Bonchev–Trinajstić information content (AvgIpc) is 2.59. The topological polar surface area (TPSA) is 12.5 Å². The molecular formula is C19H41NO. The first-order valence-electron chi connectivity index (χ1n) is 8.55. The van der Waals surface area contributed by atoms with Crippen LogP contribution in [0.5, 0.6) is 0 Å². The number of morpholine rings is 1. The molecule has 1 heterocycles. The molecule has 1 unspecified atom stereocenters. The van der Waals surface area contributed by atoms with Crippen molar-refractivity contribution in [1.29, 1.82) is 0 Å². The molecule has 0 aromatic carbocycles. The quantitative estimate of drug-likeness (QED) is 0.554. The van der Waals surface area contributed by atoms with Crippen molar-refractivity contribution in [3.63, 3.8) is 0 Å². The molecule has 0 amide bonds. The van der Waals surface area contributed by atoms with Gasteiger partial charge < -0.3 is 9.64 Å². The first kappa shape index (κ1) is 28.0. The molecule has 1 saturated heterocycles. The van der Waals surface area contributed by atoms with E-state index in [9.17, 15) is 0 Å². The molecule has 21 heavy (non-hydrogen) atoms. The maximum Gasteiger partial charge on any atom is 0.138 e. The van der Waals surface area contributed by atoms with Crippen molar-refractivity contribution >= 4 is 0 Å². The van der Waals surface area contributed by atoms with E-state index < -0.39 is 0 Å². The molecule has 1 aliphatic heterocycles. The zero-order valence-electron chi connectivity index (χ0n) is 16.6. The minimum absolute atomic E-state index is 0.426. The molecule has 128 valence electrons. The molecule has 2 nitrogen and oxygen atoms in total. The van der Waals surface area contributed by atoms with Gasteiger partial charge in [0.15, 0.2) is 0 Å². The number of allylic oxidation sites excluding steroid dienone is 3. The van der Waals surface area contributed by atoms with Gasteiger partial charge in [0, 0.05) is 7.05 Å². The number of likely N-dealkylation sites (N-methyl/N-ethyl adjacent to an activating group) is 1. The second-order valence-corrected chi connectivity index (χ2v) is 3.21. The van der Waals surface area contributed by atoms with Crippen molar-refractivity contribution in [2.45, 2.75) is 75.3 Å². The fourth-order valence-electron chi connectivity index (χ4n) is 1.35. The maximum absolute atomic E-state index is 5.58. The summed E-state index contributed by atoms with van der Waals surface area (Å²) in [5.74, 6) is 0.945. The molecule has 1 atom stereocenters. The van der Waals surface area contributed by atoms with Crippen LogP contribution < -0.4 is 0 Å². The Balaban J connectivity index is -0.000000156. The van der Waals surface area contributed by atoms with Crippen LogP contribution in [0.1, 0.15) is 69.2 Å². The predicted molar refractivity (Wildman–Crippen MR) is 101 cm³/mol. The summed E-state index contributed by atoms with van der Waals surface area (Å²) < 4.78 is 5.58. The summed E-state index contributed by atoms with van der Waals surface area (Å²) in [6, 6.07) is 0.426. The summed E-state index contributed by atoms with van der Waals surface area (Å²) in [5, 5.41) is 0. The maximum atomic E-state index is 5.58. The first-order valence-corrected chi connectivity index (χ1v) is 8.55. The lowest BCUT2D eigenvalue weighted by atomic mass is 10.2. The fourth-order valence-corrected chi connectivity index (χ4v) is 1.35. The average molecular weight is 300 g/mol. The third-order valence-corrected chi connectivity index (χ3v) is 2.31. The van der Waals surface area contributed by atoms with Crippen molar-refractivity contribution in [2.75, 3.05) is 13.7 Å². The Morgan fingerprint density at radius 3 is 1.81 bits per heavy atom. The molecule has 1 aliphatic rings. The Hall–Kier alpha value is -1.18. The van der Waals surface area contributed by atoms with Gasteiger partial charge in [0.2, 0.25) is 0 Å². The minimum atomic E-state index is 0.426. The van der Waals surface area contributed by atoms with Gasteiger partial charge in [-0.3, -0.25) is 0 Å². The van der Waals surface area contributed by atoms with Crippen molar-refractivity contribution < 1.29 is 4.74 Å². The highest BCUT2D eigenvalue weighted by atomic mass is 16.5. The standard InChI is InChI=1S/C11H17NO.4C2H6/c1-5-7-10-11(6-2)13-8-9(3)12(10)4;4*1-2/h5-7,9H,1,8H2,2-4H3;4*1-2H3/b10-7+,11-6+;;;;. The zero-order chi connectivity index (χ0) is 17.8. The number of hydrogen-bond acceptors (Lipinski definition) is 2. The summed E-state index contributed by atoms with van der Waals surface area (Å²) in [7, 11) is 2.08. The van der Waals surface area contributed by atoms with E-state index in [0.29, 0.717) is 6.04 Å². The van der Waals surface area contributed by atoms with E-state index in [-0.39, 0.29) is 0 Å². The summed E-state index contributed by atoms with van der Waals surface area (Å²) in [6.45, 7) is 24.6. The number of rotatable bonds is 1. The van der Waals surface area contributed by atoms with Crippen LogP contribution in [0.25, 0.3) is 0 Å². The smallest absolute Gasteiger partial charge is 0.138 e. The van der Waals surface area contributed by atoms with E-state index >= 15 is 0 Å². The highest BCUT2D eigenvalue weighted by molar-refractivity contribution is 5.29. The Bertz CT molecular complexity index is 254. The zero-order valence-corrected chi connectivity index (χ0v) is 16.6. The number of ether oxygens (including phenoxy) is 1. The Morgan fingerprint density at radius 1 is 1.05 bits per heavy atom. The fraction of sp³-hybridized carbons (Fsp3) is 0.684. The van der Waals surface area contributed by atoms with E-state index in [1.165, 1.54) is 0 Å². The van der Waals surface area contributed by atoms with E-state index in [2.05, 4.69) is 25.5 Å². The van der Waals surface area contributed by atoms with Gasteiger partial charge in [0.1, 0.15) is 12.4 Å². The van der Waals surface area contributed by atoms with Crippen LogP contribution in [0.4, 0.5) is 0 Å². The van der Waals surface area contributed by atoms with Crippen LogP contribution in [0.3, 0.4) is 0 Å². The summed E-state index contributed by atoms with van der Waals surface area (Å²) >= 11 is 0. The summed E-state index contributed by atoms with van der Waals surface area (Å²) in [6.07, 6.45) is 5.75. The SMILES string of the molecule is C=C/C=C1\C(=C/C)OCC(C)N1C.CC.CC.CC.CC. The molecule has 2 heteroatoms.